The molecule has 2 saturated heterocycles. The van der Waals surface area contributed by atoms with Crippen molar-refractivity contribution in [1.82, 2.24) is 15.0 Å². The third kappa shape index (κ3) is 3.59. The molecule has 0 unspecified atom stereocenters. The highest BCUT2D eigenvalue weighted by molar-refractivity contribution is 5.92. The number of aryl methyl sites for hydroxylation is 2. The van der Waals surface area contributed by atoms with E-state index in [0.717, 1.165) is 62.2 Å². The summed E-state index contributed by atoms with van der Waals surface area (Å²) in [5.41, 5.74) is 4.66. The van der Waals surface area contributed by atoms with Gasteiger partial charge in [0.15, 0.2) is 0 Å². The molecule has 5 rings (SSSR count). The zero-order chi connectivity index (χ0) is 19.8. The first-order chi connectivity index (χ1) is 14.2. The lowest BCUT2D eigenvalue weighted by atomic mass is 10.1. The first-order valence-corrected chi connectivity index (χ1v) is 10.6. The number of hydrogen-bond acceptors (Lipinski definition) is 6. The summed E-state index contributed by atoms with van der Waals surface area (Å²) < 4.78 is 0. The van der Waals surface area contributed by atoms with E-state index in [1.165, 1.54) is 29.5 Å². The largest absolute Gasteiger partial charge is 0.367 e. The molecule has 0 radical (unpaired) electrons. The molecule has 2 aliphatic heterocycles. The summed E-state index contributed by atoms with van der Waals surface area (Å²) in [6.07, 6.45) is 4.41. The lowest BCUT2D eigenvalue weighted by Gasteiger charge is -2.37. The van der Waals surface area contributed by atoms with Crippen LogP contribution in [0, 0.1) is 13.8 Å². The van der Waals surface area contributed by atoms with E-state index in [9.17, 15) is 0 Å². The van der Waals surface area contributed by atoms with Gasteiger partial charge in [0.05, 0.1) is 5.52 Å². The Morgan fingerprint density at radius 3 is 2.31 bits per heavy atom. The summed E-state index contributed by atoms with van der Waals surface area (Å²) in [5.74, 6) is 1.96. The quantitative estimate of drug-likeness (QED) is 0.684. The molecule has 0 amide bonds. The van der Waals surface area contributed by atoms with Crippen LogP contribution in [0.4, 0.5) is 17.5 Å². The number of pyridine rings is 1. The van der Waals surface area contributed by atoms with E-state index in [4.69, 9.17) is 4.98 Å². The second-order valence-electron chi connectivity index (χ2n) is 8.19. The molecular weight excluding hydrogens is 360 g/mol. The van der Waals surface area contributed by atoms with Crippen molar-refractivity contribution in [3.63, 3.8) is 0 Å². The fourth-order valence-electron chi connectivity index (χ4n) is 4.45. The Kier molecular flexibility index (Phi) is 4.70. The monoisotopic (exact) mass is 388 g/mol. The van der Waals surface area contributed by atoms with Crippen molar-refractivity contribution in [2.24, 2.45) is 0 Å². The highest BCUT2D eigenvalue weighted by Gasteiger charge is 2.22. The van der Waals surface area contributed by atoms with Gasteiger partial charge in [-0.05, 0) is 44.4 Å². The Balaban J connectivity index is 1.35. The number of nitrogens with zero attached hydrogens (tertiary/aromatic N) is 6. The summed E-state index contributed by atoms with van der Waals surface area (Å²) in [7, 11) is 0. The Morgan fingerprint density at radius 1 is 0.759 bits per heavy atom. The van der Waals surface area contributed by atoms with Gasteiger partial charge in [0.2, 0.25) is 5.95 Å². The molecule has 0 bridgehead atoms. The number of benzene rings is 1. The minimum absolute atomic E-state index is 0.899. The van der Waals surface area contributed by atoms with Gasteiger partial charge in [-0.15, -0.1) is 0 Å². The molecule has 0 N–H and O–H groups in total. The molecule has 6 heteroatoms. The van der Waals surface area contributed by atoms with Crippen molar-refractivity contribution >= 4 is 28.4 Å². The Bertz CT molecular complexity index is 1020. The van der Waals surface area contributed by atoms with Gasteiger partial charge in [0.25, 0.3) is 0 Å². The zero-order valence-corrected chi connectivity index (χ0v) is 17.3. The number of aromatic nitrogens is 3. The third-order valence-electron chi connectivity index (χ3n) is 6.04. The number of hydrogen-bond donors (Lipinski definition) is 0. The minimum Gasteiger partial charge on any atom is -0.367 e. The first kappa shape index (κ1) is 18.2. The fraction of sp³-hybridized carbons (Fsp3) is 0.435. The molecule has 150 valence electrons. The average molecular weight is 389 g/mol. The van der Waals surface area contributed by atoms with Gasteiger partial charge in [-0.2, -0.15) is 4.98 Å². The average Bonchev–Trinajstić information content (AvgIpc) is 3.28. The van der Waals surface area contributed by atoms with Crippen molar-refractivity contribution in [3.05, 3.63) is 47.8 Å². The van der Waals surface area contributed by atoms with E-state index in [1.807, 2.05) is 6.20 Å². The highest BCUT2D eigenvalue weighted by atomic mass is 15.3. The van der Waals surface area contributed by atoms with Crippen LogP contribution < -0.4 is 14.7 Å². The van der Waals surface area contributed by atoms with Crippen LogP contribution in [0.2, 0.25) is 0 Å². The van der Waals surface area contributed by atoms with Crippen molar-refractivity contribution in [3.8, 4) is 0 Å². The lowest BCUT2D eigenvalue weighted by molar-refractivity contribution is 0.647. The number of rotatable bonds is 3. The van der Waals surface area contributed by atoms with Crippen molar-refractivity contribution in [2.45, 2.75) is 26.7 Å². The molecule has 3 aromatic rings. The van der Waals surface area contributed by atoms with Crippen LogP contribution in [0.3, 0.4) is 0 Å². The van der Waals surface area contributed by atoms with Crippen molar-refractivity contribution < 1.29 is 0 Å². The summed E-state index contributed by atoms with van der Waals surface area (Å²) in [6, 6.07) is 10.8. The highest BCUT2D eigenvalue weighted by Crippen LogP contribution is 2.28. The molecule has 6 nitrogen and oxygen atoms in total. The minimum atomic E-state index is 0.899. The van der Waals surface area contributed by atoms with Crippen LogP contribution >= 0.6 is 0 Å². The van der Waals surface area contributed by atoms with Crippen LogP contribution in [0.5, 0.6) is 0 Å². The molecule has 2 aromatic heterocycles. The van der Waals surface area contributed by atoms with Gasteiger partial charge in [-0.1, -0.05) is 12.1 Å². The van der Waals surface area contributed by atoms with Gasteiger partial charge in [0, 0.05) is 68.3 Å². The summed E-state index contributed by atoms with van der Waals surface area (Å²) in [6.45, 7) is 10.2. The summed E-state index contributed by atoms with van der Waals surface area (Å²) >= 11 is 0. The maximum Gasteiger partial charge on any atom is 0.227 e. The maximum atomic E-state index is 4.91. The Morgan fingerprint density at radius 2 is 1.52 bits per heavy atom. The molecule has 1 aromatic carbocycles. The Hall–Kier alpha value is -2.89. The van der Waals surface area contributed by atoms with Crippen molar-refractivity contribution in [2.75, 3.05) is 54.0 Å². The van der Waals surface area contributed by atoms with Crippen LogP contribution in [0.1, 0.15) is 24.1 Å². The molecular formula is C23H28N6. The predicted molar refractivity (Wildman–Crippen MR) is 119 cm³/mol. The first-order valence-electron chi connectivity index (χ1n) is 10.6. The lowest BCUT2D eigenvalue weighted by Crippen LogP contribution is -2.47. The molecule has 0 aliphatic carbocycles. The number of anilines is 3. The normalized spacial score (nSPS) is 17.4. The molecule has 2 fully saturated rings. The van der Waals surface area contributed by atoms with Crippen LogP contribution in [-0.2, 0) is 0 Å². The second kappa shape index (κ2) is 7.50. The van der Waals surface area contributed by atoms with Crippen LogP contribution in [0.25, 0.3) is 10.9 Å². The third-order valence-corrected chi connectivity index (χ3v) is 6.04. The van der Waals surface area contributed by atoms with E-state index in [2.05, 4.69) is 68.8 Å². The van der Waals surface area contributed by atoms with Gasteiger partial charge in [0.1, 0.15) is 5.82 Å². The van der Waals surface area contributed by atoms with Crippen LogP contribution in [0.15, 0.2) is 36.5 Å². The summed E-state index contributed by atoms with van der Waals surface area (Å²) in [5, 5.41) is 1.24. The maximum absolute atomic E-state index is 4.91. The molecule has 0 saturated carbocycles. The second-order valence-corrected chi connectivity index (χ2v) is 8.19. The number of fused-ring (bicyclic) bond motifs is 1. The number of piperazine rings is 1. The van der Waals surface area contributed by atoms with Gasteiger partial charge in [-0.3, -0.25) is 4.98 Å². The SMILES string of the molecule is Cc1ccc2c(N3CCN(c4cc(C)nc(N5CCCC5)n4)CC3)ccnc2c1. The fourth-order valence-corrected chi connectivity index (χ4v) is 4.45. The van der Waals surface area contributed by atoms with Gasteiger partial charge in [-0.25, -0.2) is 4.98 Å². The molecule has 29 heavy (non-hydrogen) atoms. The topological polar surface area (TPSA) is 48.4 Å². The van der Waals surface area contributed by atoms with E-state index in [1.54, 1.807) is 0 Å². The molecule has 0 spiro atoms. The Labute approximate surface area is 172 Å². The van der Waals surface area contributed by atoms with Gasteiger partial charge < -0.3 is 14.7 Å². The molecule has 2 aliphatic rings. The van der Waals surface area contributed by atoms with E-state index in [-0.39, 0.29) is 0 Å². The van der Waals surface area contributed by atoms with E-state index < -0.39 is 0 Å². The standard InChI is InChI=1S/C23H28N6/c1-17-5-6-19-20(15-17)24-8-7-21(19)27-11-13-28(14-12-27)22-16-18(2)25-23(26-22)29-9-3-4-10-29/h5-8,15-16H,3-4,9-14H2,1-2H3. The molecule has 0 atom stereocenters. The smallest absolute Gasteiger partial charge is 0.227 e. The van der Waals surface area contributed by atoms with Crippen molar-refractivity contribution in [1.29, 1.82) is 0 Å². The van der Waals surface area contributed by atoms with Gasteiger partial charge >= 0.3 is 0 Å². The molecule has 4 heterocycles. The summed E-state index contributed by atoms with van der Waals surface area (Å²) in [4.78, 5) is 21.3. The van der Waals surface area contributed by atoms with E-state index in [0.29, 0.717) is 0 Å². The zero-order valence-electron chi connectivity index (χ0n) is 17.3. The van der Waals surface area contributed by atoms with E-state index >= 15 is 0 Å². The van der Waals surface area contributed by atoms with Crippen LogP contribution in [-0.4, -0.2) is 54.2 Å². The predicted octanol–water partition coefficient (Wildman–Crippen LogP) is 3.57.